The standard InChI is InChI=1S/C16H26N2O16P2.Na/c1-6-3-18(16(25)17-14(6)24)10-2-7(20)9(31-10)5-30-35(26,27)34-36(28,29)33-15-13(23)12(22)11(21)8(4-19)32-15;/h3,7-13,15,19-23H,2,4-5H2,1H3,(H,26,27)(H,28,29)(H,17,24,25);/t7-,8+,9+,10+,11+,12-,13+,15+;/m0./s1. The molecule has 0 saturated carbocycles. The normalized spacial score (nSPS) is 35.4. The summed E-state index contributed by atoms with van der Waals surface area (Å²) in [6, 6.07) is 0. The van der Waals surface area contributed by atoms with Crippen LogP contribution in [0.3, 0.4) is 0 Å². The van der Waals surface area contributed by atoms with E-state index in [1.54, 1.807) is 0 Å². The first kappa shape index (κ1) is 32.9. The van der Waals surface area contributed by atoms with Crippen LogP contribution < -0.4 is 11.2 Å². The zero-order valence-electron chi connectivity index (χ0n) is 19.5. The summed E-state index contributed by atoms with van der Waals surface area (Å²) in [5.41, 5.74) is -1.27. The molecule has 2 aliphatic heterocycles. The molecule has 8 N–H and O–H groups in total. The second kappa shape index (κ2) is 12.9. The van der Waals surface area contributed by atoms with Crippen molar-refractivity contribution >= 4 is 45.2 Å². The Morgan fingerprint density at radius 1 is 1.05 bits per heavy atom. The van der Waals surface area contributed by atoms with Crippen LogP contribution in [0.25, 0.3) is 0 Å². The van der Waals surface area contributed by atoms with Gasteiger partial charge in [0.25, 0.3) is 5.56 Å². The van der Waals surface area contributed by atoms with E-state index in [-0.39, 0.29) is 41.5 Å². The van der Waals surface area contributed by atoms with Gasteiger partial charge < -0.3 is 44.8 Å². The van der Waals surface area contributed by atoms with Crippen LogP contribution in [-0.2, 0) is 32.0 Å². The topological polar surface area (TPSA) is 277 Å². The Morgan fingerprint density at radius 2 is 1.70 bits per heavy atom. The second-order valence-corrected chi connectivity index (χ2v) is 11.0. The molecule has 2 aliphatic rings. The molecule has 207 valence electrons. The van der Waals surface area contributed by atoms with Crippen LogP contribution >= 0.6 is 15.6 Å². The number of aryl methyl sites for hydroxylation is 1. The van der Waals surface area contributed by atoms with E-state index in [0.717, 1.165) is 4.57 Å². The van der Waals surface area contributed by atoms with Gasteiger partial charge in [-0.3, -0.25) is 23.4 Å². The van der Waals surface area contributed by atoms with E-state index in [2.05, 4.69) is 18.3 Å². The molecule has 0 aliphatic carbocycles. The number of hydrogen-bond donors (Lipinski definition) is 8. The maximum atomic E-state index is 12.2. The quantitative estimate of drug-likeness (QED) is 0.101. The fraction of sp³-hybridized carbons (Fsp3) is 0.750. The van der Waals surface area contributed by atoms with Crippen LogP contribution in [0.1, 0.15) is 18.2 Å². The maximum Gasteiger partial charge on any atom is 0.483 e. The average molecular weight is 587 g/mol. The molecule has 0 bridgehead atoms. The molecule has 10 atom stereocenters. The predicted octanol–water partition coefficient (Wildman–Crippen LogP) is -3.84. The second-order valence-electron chi connectivity index (χ2n) is 8.03. The number of phosphoric ester groups is 2. The fourth-order valence-corrected chi connectivity index (χ4v) is 5.62. The number of aromatic nitrogens is 2. The number of ether oxygens (including phenoxy) is 2. The van der Waals surface area contributed by atoms with Crippen LogP contribution in [0.15, 0.2) is 15.8 Å². The summed E-state index contributed by atoms with van der Waals surface area (Å²) >= 11 is 0. The number of hydrogen-bond acceptors (Lipinski definition) is 14. The zero-order valence-corrected chi connectivity index (χ0v) is 23.3. The van der Waals surface area contributed by atoms with Crippen molar-refractivity contribution < 1.29 is 67.3 Å². The Kier molecular flexibility index (Phi) is 11.4. The van der Waals surface area contributed by atoms with Crippen LogP contribution in [0.2, 0.25) is 0 Å². The molecule has 2 fully saturated rings. The molecule has 1 radical (unpaired) electrons. The molecule has 0 amide bonds. The summed E-state index contributed by atoms with van der Waals surface area (Å²) in [6.45, 7) is -0.305. The number of phosphoric acid groups is 2. The van der Waals surface area contributed by atoms with Crippen LogP contribution in [-0.4, -0.2) is 131 Å². The van der Waals surface area contributed by atoms with Crippen molar-refractivity contribution in [2.45, 2.75) is 62.5 Å². The molecule has 0 spiro atoms. The summed E-state index contributed by atoms with van der Waals surface area (Å²) in [6.07, 6.45) is -12.2. The van der Waals surface area contributed by atoms with Crippen LogP contribution in [0.5, 0.6) is 0 Å². The van der Waals surface area contributed by atoms with Crippen molar-refractivity contribution in [1.82, 2.24) is 9.55 Å². The van der Waals surface area contributed by atoms with Crippen molar-refractivity contribution in [1.29, 1.82) is 0 Å². The fourth-order valence-electron chi connectivity index (χ4n) is 3.46. The van der Waals surface area contributed by atoms with Gasteiger partial charge in [-0.2, -0.15) is 4.31 Å². The molecule has 18 nitrogen and oxygen atoms in total. The van der Waals surface area contributed by atoms with Gasteiger partial charge in [-0.05, 0) is 6.92 Å². The first-order valence-electron chi connectivity index (χ1n) is 10.3. The van der Waals surface area contributed by atoms with E-state index in [1.807, 2.05) is 0 Å². The van der Waals surface area contributed by atoms with Gasteiger partial charge in [0.05, 0.1) is 19.3 Å². The summed E-state index contributed by atoms with van der Waals surface area (Å²) in [4.78, 5) is 45.2. The monoisotopic (exact) mass is 587 g/mol. The Hall–Kier alpha value is -0.340. The van der Waals surface area contributed by atoms with Gasteiger partial charge in [-0.25, -0.2) is 13.9 Å². The summed E-state index contributed by atoms with van der Waals surface area (Å²) in [7, 11) is -10.9. The number of nitrogens with zero attached hydrogens (tertiary/aromatic N) is 1. The number of aromatic amines is 1. The van der Waals surface area contributed by atoms with Crippen molar-refractivity contribution in [2.75, 3.05) is 13.2 Å². The van der Waals surface area contributed by atoms with Gasteiger partial charge in [0.15, 0.2) is 6.29 Å². The minimum Gasteiger partial charge on any atom is -0.394 e. The number of H-pyrrole nitrogens is 1. The third-order valence-corrected chi connectivity index (χ3v) is 7.95. The number of aliphatic hydroxyl groups is 5. The molecule has 2 saturated heterocycles. The molecule has 1 aromatic rings. The maximum absolute atomic E-state index is 12.2. The SMILES string of the molecule is Cc1cn([C@H]2C[C@H](O)[C@@H](COP(=O)(O)OP(=O)(O)O[C@H]3O[C@H](CO)[C@@H](O)[C@H](O)[C@H]3O)O2)c(=O)[nH]c1=O.[Na]. The van der Waals surface area contributed by atoms with Crippen LogP contribution in [0, 0.1) is 6.92 Å². The van der Waals surface area contributed by atoms with Crippen molar-refractivity contribution in [3.8, 4) is 0 Å². The van der Waals surface area contributed by atoms with Gasteiger partial charge in [-0.15, -0.1) is 0 Å². The van der Waals surface area contributed by atoms with Crippen molar-refractivity contribution in [3.05, 3.63) is 32.6 Å². The van der Waals surface area contributed by atoms with E-state index in [0.29, 0.717) is 0 Å². The van der Waals surface area contributed by atoms with E-state index in [1.165, 1.54) is 13.1 Å². The largest absolute Gasteiger partial charge is 0.483 e. The average Bonchev–Trinajstić information content (AvgIpc) is 3.14. The molecule has 1 aromatic heterocycles. The molecule has 0 aromatic carbocycles. The van der Waals surface area contributed by atoms with E-state index in [9.17, 15) is 48.9 Å². The van der Waals surface area contributed by atoms with Gasteiger partial charge in [0, 0.05) is 47.7 Å². The van der Waals surface area contributed by atoms with Crippen LogP contribution in [0.4, 0.5) is 0 Å². The summed E-state index contributed by atoms with van der Waals surface area (Å²) < 4.78 is 48.8. The first-order valence-corrected chi connectivity index (χ1v) is 13.3. The third kappa shape index (κ3) is 8.09. The van der Waals surface area contributed by atoms with Gasteiger partial charge in [0.2, 0.25) is 0 Å². The van der Waals surface area contributed by atoms with E-state index >= 15 is 0 Å². The van der Waals surface area contributed by atoms with E-state index in [4.69, 9.17) is 14.6 Å². The molecule has 37 heavy (non-hydrogen) atoms. The van der Waals surface area contributed by atoms with Gasteiger partial charge >= 0.3 is 21.3 Å². The minimum absolute atomic E-state index is 0. The Morgan fingerprint density at radius 3 is 2.32 bits per heavy atom. The van der Waals surface area contributed by atoms with Crippen molar-refractivity contribution in [3.63, 3.8) is 0 Å². The zero-order chi connectivity index (χ0) is 27.0. The molecule has 3 rings (SSSR count). The molecular weight excluding hydrogens is 561 g/mol. The third-order valence-electron chi connectivity index (χ3n) is 5.35. The summed E-state index contributed by atoms with van der Waals surface area (Å²) in [5, 5.41) is 48.5. The predicted molar refractivity (Wildman–Crippen MR) is 118 cm³/mol. The van der Waals surface area contributed by atoms with Gasteiger partial charge in [-0.1, -0.05) is 0 Å². The Labute approximate surface area is 229 Å². The van der Waals surface area contributed by atoms with Crippen molar-refractivity contribution in [2.24, 2.45) is 0 Å². The number of aliphatic hydroxyl groups excluding tert-OH is 5. The Bertz CT molecular complexity index is 1140. The number of rotatable bonds is 9. The molecule has 3 heterocycles. The van der Waals surface area contributed by atoms with E-state index < -0.39 is 89.2 Å². The number of nitrogens with one attached hydrogen (secondary N) is 1. The Balaban J connectivity index is 0.00000481. The molecule has 2 unspecified atom stereocenters. The molecular formula is C16H26N2NaO16P2. The van der Waals surface area contributed by atoms with Gasteiger partial charge in [0.1, 0.15) is 36.7 Å². The minimum atomic E-state index is -5.54. The molecule has 21 heteroatoms. The smallest absolute Gasteiger partial charge is 0.394 e. The summed E-state index contributed by atoms with van der Waals surface area (Å²) in [5.74, 6) is 0. The first-order chi connectivity index (χ1) is 16.6.